The van der Waals surface area contributed by atoms with E-state index < -0.39 is 0 Å². The van der Waals surface area contributed by atoms with Crippen LogP contribution in [0.25, 0.3) is 11.1 Å². The summed E-state index contributed by atoms with van der Waals surface area (Å²) in [6, 6.07) is 26.5. The zero-order chi connectivity index (χ0) is 26.8. The molecule has 0 bridgehead atoms. The molecule has 0 spiro atoms. The predicted molar refractivity (Wildman–Crippen MR) is 159 cm³/mol. The molecule has 0 fully saturated rings. The van der Waals surface area contributed by atoms with Crippen molar-refractivity contribution in [2.24, 2.45) is 0 Å². The van der Waals surface area contributed by atoms with Gasteiger partial charge in [-0.1, -0.05) is 106 Å². The monoisotopic (exact) mass is 514 g/mol. The van der Waals surface area contributed by atoms with E-state index in [1.54, 1.807) is 12.1 Å². The molecule has 0 saturated carbocycles. The smallest absolute Gasteiger partial charge is 0.338 e. The summed E-state index contributed by atoms with van der Waals surface area (Å²) in [5.74, 6) is 0.716. The molecule has 3 rings (SSSR count). The van der Waals surface area contributed by atoms with Gasteiger partial charge in [-0.05, 0) is 80.0 Å². The minimum atomic E-state index is -0.239. The van der Waals surface area contributed by atoms with Gasteiger partial charge in [0.25, 0.3) is 0 Å². The molecule has 0 radical (unpaired) electrons. The van der Waals surface area contributed by atoms with E-state index in [-0.39, 0.29) is 12.1 Å². The van der Waals surface area contributed by atoms with Crippen molar-refractivity contribution in [2.75, 3.05) is 6.61 Å². The van der Waals surface area contributed by atoms with Crippen molar-refractivity contribution < 1.29 is 14.3 Å². The van der Waals surface area contributed by atoms with Crippen LogP contribution in [0.4, 0.5) is 0 Å². The number of hydrogen-bond donors (Lipinski definition) is 0. The van der Waals surface area contributed by atoms with Crippen molar-refractivity contribution in [2.45, 2.75) is 97.0 Å². The van der Waals surface area contributed by atoms with E-state index in [4.69, 9.17) is 9.47 Å². The number of carbonyl (C=O) groups excluding carboxylic acids is 1. The zero-order valence-corrected chi connectivity index (χ0v) is 23.5. The van der Waals surface area contributed by atoms with Gasteiger partial charge in [-0.3, -0.25) is 0 Å². The lowest BCUT2D eigenvalue weighted by atomic mass is 10.0. The van der Waals surface area contributed by atoms with Gasteiger partial charge >= 0.3 is 5.97 Å². The largest absolute Gasteiger partial charge is 0.494 e. The Balaban J connectivity index is 1.30. The van der Waals surface area contributed by atoms with Gasteiger partial charge in [0, 0.05) is 0 Å². The number of aryl methyl sites for hydroxylation is 1. The first-order chi connectivity index (χ1) is 18.7. The molecule has 204 valence electrons. The van der Waals surface area contributed by atoms with Gasteiger partial charge < -0.3 is 9.47 Å². The highest BCUT2D eigenvalue weighted by Gasteiger charge is 2.11. The maximum absolute atomic E-state index is 12.2. The van der Waals surface area contributed by atoms with Crippen molar-refractivity contribution in [3.05, 3.63) is 90.0 Å². The van der Waals surface area contributed by atoms with Gasteiger partial charge in [0.15, 0.2) is 0 Å². The van der Waals surface area contributed by atoms with Gasteiger partial charge in [-0.25, -0.2) is 4.79 Å². The van der Waals surface area contributed by atoms with Crippen molar-refractivity contribution in [1.29, 1.82) is 0 Å². The Morgan fingerprint density at radius 1 is 0.684 bits per heavy atom. The van der Waals surface area contributed by atoms with Crippen molar-refractivity contribution in [3.8, 4) is 16.9 Å². The Hall–Kier alpha value is -3.07. The Bertz CT molecular complexity index is 1030. The van der Waals surface area contributed by atoms with Crippen molar-refractivity contribution in [3.63, 3.8) is 0 Å². The lowest BCUT2D eigenvalue weighted by molar-refractivity contribution is 0.0319. The molecule has 0 N–H and O–H groups in total. The third-order valence-electron chi connectivity index (χ3n) is 7.05. The van der Waals surface area contributed by atoms with Crippen LogP contribution in [-0.4, -0.2) is 18.7 Å². The number of hydrogen-bond acceptors (Lipinski definition) is 3. The van der Waals surface area contributed by atoms with Crippen LogP contribution < -0.4 is 4.74 Å². The number of benzene rings is 3. The number of esters is 1. The summed E-state index contributed by atoms with van der Waals surface area (Å²) in [4.78, 5) is 12.2. The van der Waals surface area contributed by atoms with E-state index in [2.05, 4.69) is 55.5 Å². The molecular weight excluding hydrogens is 468 g/mol. The average Bonchev–Trinajstić information content (AvgIpc) is 2.95. The lowest BCUT2D eigenvalue weighted by Gasteiger charge is -2.13. The van der Waals surface area contributed by atoms with Crippen LogP contribution in [0.1, 0.15) is 100 Å². The minimum absolute atomic E-state index is 0.0719. The van der Waals surface area contributed by atoms with Crippen molar-refractivity contribution in [1.82, 2.24) is 0 Å². The molecule has 38 heavy (non-hydrogen) atoms. The second kappa shape index (κ2) is 17.4. The number of unbranched alkanes of at least 4 members (excludes halogenated alkanes) is 8. The summed E-state index contributed by atoms with van der Waals surface area (Å²) in [6.07, 6.45) is 14.5. The predicted octanol–water partition coefficient (Wildman–Crippen LogP) is 9.83. The summed E-state index contributed by atoms with van der Waals surface area (Å²) in [5.41, 5.74) is 4.39. The lowest BCUT2D eigenvalue weighted by Crippen LogP contribution is -2.15. The van der Waals surface area contributed by atoms with Crippen LogP contribution in [0.5, 0.6) is 5.75 Å². The van der Waals surface area contributed by atoms with E-state index in [0.717, 1.165) is 44.5 Å². The molecule has 1 atom stereocenters. The minimum Gasteiger partial charge on any atom is -0.494 e. The Morgan fingerprint density at radius 2 is 1.29 bits per heavy atom. The molecular formula is C35H46O3. The maximum atomic E-state index is 12.2. The topological polar surface area (TPSA) is 35.5 Å². The summed E-state index contributed by atoms with van der Waals surface area (Å²) in [7, 11) is 0. The summed E-state index contributed by atoms with van der Waals surface area (Å²) < 4.78 is 11.5. The molecule has 3 aromatic rings. The van der Waals surface area contributed by atoms with Gasteiger partial charge in [-0.15, -0.1) is 0 Å². The molecule has 3 heteroatoms. The number of rotatable bonds is 18. The van der Waals surface area contributed by atoms with E-state index in [0.29, 0.717) is 5.56 Å². The Labute approximate surface area is 230 Å². The first-order valence-corrected chi connectivity index (χ1v) is 14.7. The Kier molecular flexibility index (Phi) is 13.5. The highest BCUT2D eigenvalue weighted by Crippen LogP contribution is 2.24. The molecule has 0 aliphatic rings. The Morgan fingerprint density at radius 3 is 1.95 bits per heavy atom. The van der Waals surface area contributed by atoms with Crippen LogP contribution in [0.3, 0.4) is 0 Å². The van der Waals surface area contributed by atoms with Gasteiger partial charge in [0.2, 0.25) is 0 Å². The fraction of sp³-hybridized carbons (Fsp3) is 0.457. The fourth-order valence-electron chi connectivity index (χ4n) is 4.68. The normalized spacial score (nSPS) is 11.7. The van der Waals surface area contributed by atoms with E-state index in [1.165, 1.54) is 61.6 Å². The third-order valence-corrected chi connectivity index (χ3v) is 7.05. The molecule has 0 saturated heterocycles. The fourth-order valence-corrected chi connectivity index (χ4v) is 4.68. The SMILES string of the molecule is CCCCCCCCCCOc1ccc(-c2ccc(CCCCC(C)OC(=O)c3ccccc3)cc2)cc1. The van der Waals surface area contributed by atoms with Crippen LogP contribution >= 0.6 is 0 Å². The molecule has 0 heterocycles. The maximum Gasteiger partial charge on any atom is 0.338 e. The second-order valence-corrected chi connectivity index (χ2v) is 10.4. The van der Waals surface area contributed by atoms with E-state index in [1.807, 2.05) is 25.1 Å². The quantitative estimate of drug-likeness (QED) is 0.125. The summed E-state index contributed by atoms with van der Waals surface area (Å²) >= 11 is 0. The first kappa shape index (κ1) is 29.5. The number of ether oxygens (including phenoxy) is 2. The molecule has 3 nitrogen and oxygen atoms in total. The molecule has 0 aliphatic carbocycles. The van der Waals surface area contributed by atoms with Gasteiger partial charge in [0.1, 0.15) is 5.75 Å². The molecule has 1 unspecified atom stereocenters. The zero-order valence-electron chi connectivity index (χ0n) is 23.5. The first-order valence-electron chi connectivity index (χ1n) is 14.7. The van der Waals surface area contributed by atoms with Gasteiger partial charge in [-0.2, -0.15) is 0 Å². The van der Waals surface area contributed by atoms with Crippen LogP contribution in [-0.2, 0) is 11.2 Å². The molecule has 0 aromatic heterocycles. The molecule has 0 aliphatic heterocycles. The van der Waals surface area contributed by atoms with Gasteiger partial charge in [0.05, 0.1) is 18.3 Å². The highest BCUT2D eigenvalue weighted by atomic mass is 16.5. The van der Waals surface area contributed by atoms with Crippen molar-refractivity contribution >= 4 is 5.97 Å². The van der Waals surface area contributed by atoms with E-state index >= 15 is 0 Å². The van der Waals surface area contributed by atoms with Crippen LogP contribution in [0.15, 0.2) is 78.9 Å². The standard InChI is InChI=1S/C35H46O3/c1-3-4-5-6-7-8-9-15-28-37-34-26-24-32(25-27-34)31-22-20-30(21-23-31)17-14-13-16-29(2)38-35(36)33-18-11-10-12-19-33/h10-12,18-27,29H,3-9,13-17,28H2,1-2H3. The molecule has 0 amide bonds. The molecule has 3 aromatic carbocycles. The summed E-state index contributed by atoms with van der Waals surface area (Å²) in [5, 5.41) is 0. The summed E-state index contributed by atoms with van der Waals surface area (Å²) in [6.45, 7) is 5.04. The van der Waals surface area contributed by atoms with Crippen LogP contribution in [0, 0.1) is 0 Å². The van der Waals surface area contributed by atoms with E-state index in [9.17, 15) is 4.79 Å². The third kappa shape index (κ3) is 11.1. The average molecular weight is 515 g/mol. The van der Waals surface area contributed by atoms with Crippen LogP contribution in [0.2, 0.25) is 0 Å². The number of carbonyl (C=O) groups is 1. The highest BCUT2D eigenvalue weighted by molar-refractivity contribution is 5.89. The second-order valence-electron chi connectivity index (χ2n) is 10.4.